The Hall–Kier alpha value is -4.64. The Morgan fingerprint density at radius 2 is 0.900 bits per heavy atom. The van der Waals surface area contributed by atoms with E-state index >= 15 is 0 Å². The quantitative estimate of drug-likeness (QED) is 0.232. The molecule has 0 N–H and O–H groups in total. The summed E-state index contributed by atoms with van der Waals surface area (Å²) in [6.45, 7) is 15.5. The lowest BCUT2D eigenvalue weighted by Crippen LogP contribution is -2.18. The molecule has 0 fully saturated rings. The normalized spacial score (nSPS) is 11.9. The number of fused-ring (bicyclic) bond motifs is 6. The van der Waals surface area contributed by atoms with Gasteiger partial charge in [-0.25, -0.2) is 9.97 Å². The Morgan fingerprint density at radius 3 is 1.35 bits per heavy atom. The van der Waals surface area contributed by atoms with E-state index in [2.05, 4.69) is 135 Å². The highest BCUT2D eigenvalue weighted by Crippen LogP contribution is 2.44. The lowest BCUT2D eigenvalue weighted by atomic mass is 9.92. The SMILES string of the molecule is Cc1c(C)c(C)c(N(c2nc3c4ccccc4ccn3c2C)c2nc3c4ccccc4ccn3c2C)c(C)c1C. The molecule has 7 aromatic rings. The van der Waals surface area contributed by atoms with Gasteiger partial charge < -0.3 is 8.80 Å². The molecule has 198 valence electrons. The Balaban J connectivity index is 1.62. The summed E-state index contributed by atoms with van der Waals surface area (Å²) >= 11 is 0. The summed E-state index contributed by atoms with van der Waals surface area (Å²) in [6, 6.07) is 21.3. The van der Waals surface area contributed by atoms with E-state index in [-0.39, 0.29) is 0 Å². The lowest BCUT2D eigenvalue weighted by Gasteiger charge is -2.29. The summed E-state index contributed by atoms with van der Waals surface area (Å²) in [7, 11) is 0. The number of pyridine rings is 2. The summed E-state index contributed by atoms with van der Waals surface area (Å²) in [5.74, 6) is 1.81. The summed E-state index contributed by atoms with van der Waals surface area (Å²) in [5.41, 5.74) is 11.7. The predicted molar refractivity (Wildman–Crippen MR) is 167 cm³/mol. The van der Waals surface area contributed by atoms with Crippen LogP contribution in [0.4, 0.5) is 17.3 Å². The molecule has 4 aromatic heterocycles. The molecule has 0 amide bonds. The lowest BCUT2D eigenvalue weighted by molar-refractivity contribution is 1.06. The number of hydrogen-bond acceptors (Lipinski definition) is 3. The standard InChI is InChI=1S/C35H33N5/c1-20-21(2)23(4)31(24(5)22(20)3)40(32-25(6)38-18-16-27-12-8-10-14-29(27)34(38)36-32)33-26(7)39-19-17-28-13-9-11-15-30(28)35(39)37-33/h8-19H,1-7H3. The van der Waals surface area contributed by atoms with Crippen molar-refractivity contribution in [1.29, 1.82) is 0 Å². The number of rotatable bonds is 3. The fourth-order valence-corrected chi connectivity index (χ4v) is 6.30. The minimum Gasteiger partial charge on any atom is -0.302 e. The highest BCUT2D eigenvalue weighted by Gasteiger charge is 2.29. The van der Waals surface area contributed by atoms with Gasteiger partial charge in [-0.1, -0.05) is 48.5 Å². The van der Waals surface area contributed by atoms with Crippen LogP contribution in [0.15, 0.2) is 73.1 Å². The number of aryl methyl sites for hydroxylation is 2. The van der Waals surface area contributed by atoms with Gasteiger partial charge in [0.15, 0.2) is 11.6 Å². The van der Waals surface area contributed by atoms with Gasteiger partial charge >= 0.3 is 0 Å². The average Bonchev–Trinajstić information content (AvgIpc) is 3.50. The van der Waals surface area contributed by atoms with Crippen LogP contribution in [0.1, 0.15) is 39.2 Å². The van der Waals surface area contributed by atoms with Crippen molar-refractivity contribution in [2.24, 2.45) is 0 Å². The van der Waals surface area contributed by atoms with Gasteiger partial charge in [0.2, 0.25) is 0 Å². The second kappa shape index (κ2) is 8.68. The first-order valence-corrected chi connectivity index (χ1v) is 13.9. The van der Waals surface area contributed by atoms with E-state index in [1.54, 1.807) is 0 Å². The molecular weight excluding hydrogens is 490 g/mol. The van der Waals surface area contributed by atoms with Crippen molar-refractivity contribution in [1.82, 2.24) is 18.8 Å². The molecule has 0 bridgehead atoms. The molecular formula is C35H33N5. The maximum atomic E-state index is 5.37. The molecule has 0 saturated carbocycles. The third-order valence-corrected chi connectivity index (χ3v) is 9.07. The third kappa shape index (κ3) is 3.27. The number of hydrogen-bond donors (Lipinski definition) is 0. The molecule has 40 heavy (non-hydrogen) atoms. The van der Waals surface area contributed by atoms with Crippen molar-refractivity contribution in [3.05, 3.63) is 112 Å². The Kier molecular flexibility index (Phi) is 5.30. The number of benzene rings is 3. The Labute approximate surface area is 234 Å². The zero-order valence-electron chi connectivity index (χ0n) is 24.2. The number of aromatic nitrogens is 4. The van der Waals surface area contributed by atoms with Gasteiger partial charge in [-0.15, -0.1) is 0 Å². The molecule has 0 aliphatic heterocycles. The third-order valence-electron chi connectivity index (χ3n) is 9.07. The zero-order valence-corrected chi connectivity index (χ0v) is 24.2. The first-order chi connectivity index (χ1) is 19.3. The molecule has 0 spiro atoms. The van der Waals surface area contributed by atoms with Crippen LogP contribution < -0.4 is 4.90 Å². The van der Waals surface area contributed by atoms with Crippen LogP contribution in [0.5, 0.6) is 0 Å². The van der Waals surface area contributed by atoms with E-state index < -0.39 is 0 Å². The second-order valence-corrected chi connectivity index (χ2v) is 11.0. The van der Waals surface area contributed by atoms with Crippen LogP contribution in [0.2, 0.25) is 0 Å². The fourth-order valence-electron chi connectivity index (χ4n) is 6.30. The molecule has 0 atom stereocenters. The molecule has 5 heteroatoms. The van der Waals surface area contributed by atoms with Crippen LogP contribution in [-0.2, 0) is 0 Å². The molecule has 4 heterocycles. The van der Waals surface area contributed by atoms with Gasteiger partial charge in [-0.3, -0.25) is 4.90 Å². The van der Waals surface area contributed by atoms with Gasteiger partial charge in [-0.05, 0) is 99.2 Å². The smallest absolute Gasteiger partial charge is 0.161 e. The van der Waals surface area contributed by atoms with Crippen molar-refractivity contribution in [3.63, 3.8) is 0 Å². The number of nitrogens with zero attached hydrogens (tertiary/aromatic N) is 5. The van der Waals surface area contributed by atoms with Gasteiger partial charge in [-0.2, -0.15) is 0 Å². The summed E-state index contributed by atoms with van der Waals surface area (Å²) in [5, 5.41) is 4.65. The number of anilines is 3. The topological polar surface area (TPSA) is 37.8 Å². The highest BCUT2D eigenvalue weighted by atomic mass is 15.3. The van der Waals surface area contributed by atoms with Crippen molar-refractivity contribution in [3.8, 4) is 0 Å². The molecule has 0 aliphatic carbocycles. The van der Waals surface area contributed by atoms with Crippen molar-refractivity contribution in [2.45, 2.75) is 48.5 Å². The zero-order chi connectivity index (χ0) is 27.9. The second-order valence-electron chi connectivity index (χ2n) is 11.0. The monoisotopic (exact) mass is 523 g/mol. The minimum absolute atomic E-state index is 0.904. The molecule has 7 rings (SSSR count). The molecule has 0 aliphatic rings. The predicted octanol–water partition coefficient (Wildman–Crippen LogP) is 8.92. The van der Waals surface area contributed by atoms with E-state index in [4.69, 9.17) is 9.97 Å². The van der Waals surface area contributed by atoms with E-state index in [0.717, 1.165) is 50.8 Å². The molecule has 0 unspecified atom stereocenters. The Morgan fingerprint density at radius 1 is 0.500 bits per heavy atom. The molecule has 0 radical (unpaired) electrons. The van der Waals surface area contributed by atoms with E-state index in [9.17, 15) is 0 Å². The van der Waals surface area contributed by atoms with Crippen LogP contribution in [0, 0.1) is 48.5 Å². The first-order valence-electron chi connectivity index (χ1n) is 13.9. The van der Waals surface area contributed by atoms with E-state index in [1.165, 1.54) is 38.6 Å². The van der Waals surface area contributed by atoms with E-state index in [0.29, 0.717) is 0 Å². The summed E-state index contributed by atoms with van der Waals surface area (Å²) < 4.78 is 4.42. The van der Waals surface area contributed by atoms with Gasteiger partial charge in [0, 0.05) is 23.2 Å². The minimum atomic E-state index is 0.904. The van der Waals surface area contributed by atoms with Crippen LogP contribution in [0.3, 0.4) is 0 Å². The average molecular weight is 524 g/mol. The molecule has 0 saturated heterocycles. The summed E-state index contributed by atoms with van der Waals surface area (Å²) in [4.78, 5) is 13.1. The number of imidazole rings is 2. The van der Waals surface area contributed by atoms with Crippen LogP contribution in [0.25, 0.3) is 32.8 Å². The highest BCUT2D eigenvalue weighted by molar-refractivity contribution is 5.97. The first kappa shape index (κ1) is 24.4. The fraction of sp³-hybridized carbons (Fsp3) is 0.200. The summed E-state index contributed by atoms with van der Waals surface area (Å²) in [6.07, 6.45) is 4.27. The van der Waals surface area contributed by atoms with Gasteiger partial charge in [0.05, 0.1) is 17.1 Å². The van der Waals surface area contributed by atoms with E-state index in [1.807, 2.05) is 0 Å². The van der Waals surface area contributed by atoms with Crippen LogP contribution in [-0.4, -0.2) is 18.8 Å². The maximum absolute atomic E-state index is 5.37. The molecule has 3 aromatic carbocycles. The van der Waals surface area contributed by atoms with Crippen molar-refractivity contribution in [2.75, 3.05) is 4.90 Å². The van der Waals surface area contributed by atoms with Gasteiger partial charge in [0.1, 0.15) is 11.3 Å². The largest absolute Gasteiger partial charge is 0.302 e. The molecule has 5 nitrogen and oxygen atoms in total. The Bertz CT molecular complexity index is 1990. The maximum Gasteiger partial charge on any atom is 0.161 e. The van der Waals surface area contributed by atoms with Crippen molar-refractivity contribution < 1.29 is 0 Å². The van der Waals surface area contributed by atoms with Gasteiger partial charge in [0.25, 0.3) is 0 Å². The van der Waals surface area contributed by atoms with Crippen molar-refractivity contribution >= 4 is 50.2 Å². The van der Waals surface area contributed by atoms with Crippen LogP contribution >= 0.6 is 0 Å².